The van der Waals surface area contributed by atoms with Gasteiger partial charge < -0.3 is 42.6 Å². The van der Waals surface area contributed by atoms with Crippen LogP contribution in [-0.2, 0) is 56.9 Å². The summed E-state index contributed by atoms with van der Waals surface area (Å²) >= 11 is 0. The van der Waals surface area contributed by atoms with Crippen LogP contribution in [0.15, 0.2) is 29.2 Å². The van der Waals surface area contributed by atoms with Crippen LogP contribution < -0.4 is 0 Å². The monoisotopic (exact) mass is 610 g/mol. The molecule has 0 saturated carbocycles. The van der Waals surface area contributed by atoms with Gasteiger partial charge in [0.2, 0.25) is 0 Å². The van der Waals surface area contributed by atoms with Gasteiger partial charge >= 0.3 is 0 Å². The van der Waals surface area contributed by atoms with Gasteiger partial charge in [-0.25, -0.2) is 0 Å². The average molecular weight is 611 g/mol. The summed E-state index contributed by atoms with van der Waals surface area (Å²) in [6.07, 6.45) is 0.224. The average Bonchev–Trinajstić information content (AvgIpc) is 2.94. The molecule has 240 valence electrons. The third kappa shape index (κ3) is 24.0. The maximum Gasteiger partial charge on any atom is 0.297 e. The van der Waals surface area contributed by atoms with Crippen molar-refractivity contribution >= 4 is 10.1 Å². The van der Waals surface area contributed by atoms with Crippen LogP contribution in [0.25, 0.3) is 0 Å². The summed E-state index contributed by atoms with van der Waals surface area (Å²) in [6.45, 7) is 13.8. The van der Waals surface area contributed by atoms with E-state index in [1.165, 1.54) is 12.1 Å². The number of rotatable bonds is 30. The number of benzene rings is 1. The molecule has 0 aliphatic carbocycles. The Morgan fingerprint density at radius 1 is 0.488 bits per heavy atom. The summed E-state index contributed by atoms with van der Waals surface area (Å²) in [7, 11) is -3.77. The molecular weight excluding hydrogens is 560 g/mol. The van der Waals surface area contributed by atoms with E-state index in [0.29, 0.717) is 106 Å². The zero-order valence-corrected chi connectivity index (χ0v) is 25.7. The van der Waals surface area contributed by atoms with Crippen molar-refractivity contribution in [2.45, 2.75) is 31.8 Å². The fourth-order valence-corrected chi connectivity index (χ4v) is 3.85. The lowest BCUT2D eigenvalue weighted by Crippen LogP contribution is -2.16. The van der Waals surface area contributed by atoms with E-state index < -0.39 is 10.1 Å². The van der Waals surface area contributed by atoms with Crippen LogP contribution in [0, 0.1) is 6.92 Å². The largest absolute Gasteiger partial charge is 0.377 e. The van der Waals surface area contributed by atoms with Gasteiger partial charge in [0.05, 0.1) is 130 Å². The lowest BCUT2D eigenvalue weighted by atomic mass is 10.2. The number of hydrogen-bond donors (Lipinski definition) is 0. The van der Waals surface area contributed by atoms with Crippen LogP contribution in [0.3, 0.4) is 0 Å². The lowest BCUT2D eigenvalue weighted by molar-refractivity contribution is -0.0271. The Labute approximate surface area is 245 Å². The standard InChI is InChI=1S/C28H50O12S/c1-26(2)39-24-22-37-20-18-35-16-14-33-12-10-31-8-9-32-11-13-34-15-17-36-19-21-38-23-25-40-41(29,30)28-6-4-27(3)5-7-28/h4-7,26H,8-25H2,1-3H3. The summed E-state index contributed by atoms with van der Waals surface area (Å²) in [5.41, 5.74) is 0.977. The molecular formula is C28H50O12S. The van der Waals surface area contributed by atoms with Gasteiger partial charge in [0.1, 0.15) is 0 Å². The van der Waals surface area contributed by atoms with E-state index in [-0.39, 0.29) is 24.2 Å². The van der Waals surface area contributed by atoms with E-state index in [0.717, 1.165) is 5.56 Å². The van der Waals surface area contributed by atoms with Crippen LogP contribution in [0.5, 0.6) is 0 Å². The Morgan fingerprint density at radius 2 is 0.780 bits per heavy atom. The number of hydrogen-bond acceptors (Lipinski definition) is 12. The van der Waals surface area contributed by atoms with Crippen molar-refractivity contribution in [2.75, 3.05) is 119 Å². The number of aryl methyl sites for hydroxylation is 1. The summed E-state index contributed by atoms with van der Waals surface area (Å²) in [5, 5.41) is 0. The first kappa shape index (κ1) is 37.8. The zero-order chi connectivity index (χ0) is 29.9. The Morgan fingerprint density at radius 3 is 1.10 bits per heavy atom. The van der Waals surface area contributed by atoms with Crippen LogP contribution in [-0.4, -0.2) is 133 Å². The van der Waals surface area contributed by atoms with E-state index >= 15 is 0 Å². The maximum absolute atomic E-state index is 12.1. The second-order valence-electron chi connectivity index (χ2n) is 8.91. The molecule has 0 aliphatic heterocycles. The molecule has 1 rings (SSSR count). The molecule has 0 saturated heterocycles. The van der Waals surface area contributed by atoms with Crippen molar-refractivity contribution in [3.05, 3.63) is 29.8 Å². The van der Waals surface area contributed by atoms with Crippen LogP contribution in [0.2, 0.25) is 0 Å². The van der Waals surface area contributed by atoms with E-state index in [9.17, 15) is 8.42 Å². The van der Waals surface area contributed by atoms with Gasteiger partial charge in [-0.1, -0.05) is 17.7 Å². The third-order valence-electron chi connectivity index (χ3n) is 5.06. The highest BCUT2D eigenvalue weighted by atomic mass is 32.2. The predicted molar refractivity (Wildman–Crippen MR) is 152 cm³/mol. The van der Waals surface area contributed by atoms with Gasteiger partial charge in [-0.05, 0) is 32.9 Å². The summed E-state index contributed by atoms with van der Waals surface area (Å²) in [6, 6.07) is 6.48. The molecule has 0 amide bonds. The molecule has 0 bridgehead atoms. The van der Waals surface area contributed by atoms with Gasteiger partial charge in [0.25, 0.3) is 10.1 Å². The van der Waals surface area contributed by atoms with Gasteiger partial charge in [-0.2, -0.15) is 8.42 Å². The Bertz CT molecular complexity index is 805. The number of ether oxygens (including phenoxy) is 9. The van der Waals surface area contributed by atoms with Gasteiger partial charge in [0.15, 0.2) is 0 Å². The molecule has 0 heterocycles. The first-order valence-corrected chi connectivity index (χ1v) is 15.5. The minimum Gasteiger partial charge on any atom is -0.377 e. The third-order valence-corrected chi connectivity index (χ3v) is 6.39. The van der Waals surface area contributed by atoms with Crippen LogP contribution in [0.1, 0.15) is 19.4 Å². The van der Waals surface area contributed by atoms with Crippen LogP contribution in [0.4, 0.5) is 0 Å². The SMILES string of the molecule is Cc1ccc(S(=O)(=O)OCCOCCOCCOCCOCCOCCOCCOCCOCCOC(C)C)cc1. The topological polar surface area (TPSA) is 126 Å². The molecule has 1 aromatic rings. The van der Waals surface area contributed by atoms with E-state index in [1.54, 1.807) is 12.1 Å². The van der Waals surface area contributed by atoms with Crippen molar-refractivity contribution in [1.82, 2.24) is 0 Å². The molecule has 1 aromatic carbocycles. The highest BCUT2D eigenvalue weighted by Crippen LogP contribution is 2.12. The molecule has 0 spiro atoms. The summed E-state index contributed by atoms with van der Waals surface area (Å²) in [5.74, 6) is 0. The molecule has 0 radical (unpaired) electrons. The van der Waals surface area contributed by atoms with Crippen molar-refractivity contribution < 1.29 is 55.2 Å². The Balaban J connectivity index is 1.71. The summed E-state index contributed by atoms with van der Waals surface area (Å²) < 4.78 is 77.8. The second kappa shape index (κ2) is 26.4. The minimum absolute atomic E-state index is 0.0552. The van der Waals surface area contributed by atoms with Gasteiger partial charge in [0, 0.05) is 0 Å². The van der Waals surface area contributed by atoms with E-state index in [4.69, 9.17) is 46.8 Å². The zero-order valence-electron chi connectivity index (χ0n) is 24.9. The highest BCUT2D eigenvalue weighted by Gasteiger charge is 2.14. The molecule has 12 nitrogen and oxygen atoms in total. The Kier molecular flexibility index (Phi) is 24.3. The first-order valence-electron chi connectivity index (χ1n) is 14.1. The summed E-state index contributed by atoms with van der Waals surface area (Å²) in [4.78, 5) is 0.131. The maximum atomic E-state index is 12.1. The molecule has 0 aromatic heterocycles. The Hall–Kier alpha value is -1.23. The smallest absolute Gasteiger partial charge is 0.297 e. The molecule has 0 fully saturated rings. The fourth-order valence-electron chi connectivity index (χ4n) is 2.96. The van der Waals surface area contributed by atoms with Crippen LogP contribution >= 0.6 is 0 Å². The van der Waals surface area contributed by atoms with E-state index in [1.807, 2.05) is 20.8 Å². The second-order valence-corrected chi connectivity index (χ2v) is 10.5. The van der Waals surface area contributed by atoms with Crippen molar-refractivity contribution in [3.63, 3.8) is 0 Å². The molecule has 0 unspecified atom stereocenters. The van der Waals surface area contributed by atoms with Gasteiger partial charge in [-0.3, -0.25) is 4.18 Å². The van der Waals surface area contributed by atoms with Crippen molar-refractivity contribution in [3.8, 4) is 0 Å². The molecule has 41 heavy (non-hydrogen) atoms. The van der Waals surface area contributed by atoms with E-state index in [2.05, 4.69) is 0 Å². The van der Waals surface area contributed by atoms with Crippen molar-refractivity contribution in [2.24, 2.45) is 0 Å². The molecule has 0 atom stereocenters. The molecule has 0 aliphatic rings. The fraction of sp³-hybridized carbons (Fsp3) is 0.786. The van der Waals surface area contributed by atoms with Gasteiger partial charge in [-0.15, -0.1) is 0 Å². The normalized spacial score (nSPS) is 12.0. The predicted octanol–water partition coefficient (Wildman–Crippen LogP) is 2.26. The first-order chi connectivity index (χ1) is 19.9. The lowest BCUT2D eigenvalue weighted by Gasteiger charge is -2.09. The highest BCUT2D eigenvalue weighted by molar-refractivity contribution is 7.86. The molecule has 0 N–H and O–H groups in total. The minimum atomic E-state index is -3.77. The van der Waals surface area contributed by atoms with Crippen molar-refractivity contribution in [1.29, 1.82) is 0 Å². The molecule has 13 heteroatoms. The quantitative estimate of drug-likeness (QED) is 0.0937.